The number of carbonyl (C=O) groups is 3. The number of imidazole rings is 2. The van der Waals surface area contributed by atoms with E-state index >= 15 is 0 Å². The summed E-state index contributed by atoms with van der Waals surface area (Å²) < 4.78 is 42.7. The van der Waals surface area contributed by atoms with Crippen molar-refractivity contribution in [2.24, 2.45) is 13.0 Å². The number of benzene rings is 2. The number of hydrogen-bond donors (Lipinski definition) is 1. The molecule has 67 heavy (non-hydrogen) atoms. The molecular weight excluding hydrogens is 861 g/mol. The Hall–Kier alpha value is -6.40. The number of nitrogens with zero attached hydrogens (tertiary/aromatic N) is 10. The number of amides is 3. The molecule has 1 N–H and O–H groups in total. The van der Waals surface area contributed by atoms with Gasteiger partial charge in [0.05, 0.1) is 36.9 Å². The van der Waals surface area contributed by atoms with Gasteiger partial charge in [0, 0.05) is 107 Å². The zero-order valence-electron chi connectivity index (χ0n) is 38.5. The van der Waals surface area contributed by atoms with Crippen LogP contribution in [0.25, 0.3) is 27.8 Å². The molecular formula is C49H57F2N11O5. The normalized spacial score (nSPS) is 19.1. The van der Waals surface area contributed by atoms with E-state index in [4.69, 9.17) is 9.84 Å². The van der Waals surface area contributed by atoms with Crippen LogP contribution in [-0.4, -0.2) is 114 Å². The van der Waals surface area contributed by atoms with Gasteiger partial charge in [0.15, 0.2) is 5.82 Å². The van der Waals surface area contributed by atoms with Crippen molar-refractivity contribution in [3.8, 4) is 16.9 Å². The van der Waals surface area contributed by atoms with Crippen LogP contribution in [0.15, 0.2) is 65.8 Å². The summed E-state index contributed by atoms with van der Waals surface area (Å²) in [4.78, 5) is 63.8. The second-order valence-electron chi connectivity index (χ2n) is 18.7. The number of likely N-dealkylation sites (tertiary alicyclic amines) is 2. The number of hydrogen-bond acceptors (Lipinski definition) is 10. The molecule has 10 rings (SSSR count). The minimum atomic E-state index is -2.76. The number of methoxy groups -OCH3 is 1. The molecule has 0 spiro atoms. The third-order valence-electron chi connectivity index (χ3n) is 14.7. The van der Waals surface area contributed by atoms with Crippen molar-refractivity contribution >= 4 is 45.9 Å². The van der Waals surface area contributed by atoms with Crippen LogP contribution in [0.5, 0.6) is 5.75 Å². The number of carbonyl (C=O) groups excluding carboxylic acids is 3. The summed E-state index contributed by atoms with van der Waals surface area (Å²) in [5.41, 5.74) is 6.36. The fourth-order valence-electron chi connectivity index (χ4n) is 11.0. The second-order valence-corrected chi connectivity index (χ2v) is 18.7. The quantitative estimate of drug-likeness (QED) is 0.154. The number of pyridine rings is 1. The van der Waals surface area contributed by atoms with Crippen LogP contribution in [-0.2, 0) is 40.9 Å². The van der Waals surface area contributed by atoms with Gasteiger partial charge < -0.3 is 23.8 Å². The molecule has 0 radical (unpaired) electrons. The highest BCUT2D eigenvalue weighted by atomic mass is 19.3. The number of para-hydroxylation sites is 1. The van der Waals surface area contributed by atoms with Crippen molar-refractivity contribution < 1.29 is 27.9 Å². The van der Waals surface area contributed by atoms with E-state index in [1.54, 1.807) is 58.2 Å². The van der Waals surface area contributed by atoms with Crippen LogP contribution in [0, 0.1) is 5.92 Å². The molecule has 0 bridgehead atoms. The number of aromatic nitrogens is 6. The number of imide groups is 1. The molecule has 16 nitrogen and oxygen atoms in total. The highest BCUT2D eigenvalue weighted by Gasteiger charge is 2.35. The van der Waals surface area contributed by atoms with Gasteiger partial charge in [-0.05, 0) is 86.5 Å². The van der Waals surface area contributed by atoms with Gasteiger partial charge in [0.1, 0.15) is 17.4 Å². The number of ether oxygens (including phenoxy) is 1. The predicted octanol–water partition coefficient (Wildman–Crippen LogP) is 6.00. The monoisotopic (exact) mass is 917 g/mol. The van der Waals surface area contributed by atoms with Gasteiger partial charge in [-0.2, -0.15) is 5.10 Å². The fourth-order valence-corrected chi connectivity index (χ4v) is 11.0. The number of alkyl halides is 2. The van der Waals surface area contributed by atoms with Crippen molar-refractivity contribution in [1.29, 1.82) is 0 Å². The zero-order chi connectivity index (χ0) is 46.7. The molecule has 4 aliphatic heterocycles. The number of anilines is 2. The highest BCUT2D eigenvalue weighted by Crippen LogP contribution is 2.42. The van der Waals surface area contributed by atoms with E-state index in [-0.39, 0.29) is 35.5 Å². The van der Waals surface area contributed by atoms with E-state index in [0.717, 1.165) is 80.7 Å². The number of aryl methyl sites for hydroxylation is 1. The molecule has 8 heterocycles. The Morgan fingerprint density at radius 3 is 2.46 bits per heavy atom. The van der Waals surface area contributed by atoms with Crippen LogP contribution in [0.1, 0.15) is 86.3 Å². The maximum atomic E-state index is 14.9. The maximum Gasteiger partial charge on any atom is 0.329 e. The first-order valence-corrected chi connectivity index (χ1v) is 23.4. The van der Waals surface area contributed by atoms with E-state index in [0.29, 0.717) is 77.9 Å². The first kappa shape index (κ1) is 44.4. The Morgan fingerprint density at radius 2 is 1.73 bits per heavy atom. The zero-order valence-corrected chi connectivity index (χ0v) is 38.5. The van der Waals surface area contributed by atoms with Crippen LogP contribution >= 0.6 is 0 Å². The molecule has 2 aromatic carbocycles. The Bertz CT molecular complexity index is 2940. The molecule has 3 fully saturated rings. The lowest BCUT2D eigenvalue weighted by Gasteiger charge is -2.38. The third-order valence-corrected chi connectivity index (χ3v) is 14.7. The van der Waals surface area contributed by atoms with Gasteiger partial charge in [-0.3, -0.25) is 38.4 Å². The van der Waals surface area contributed by atoms with Gasteiger partial charge in [-0.15, -0.1) is 0 Å². The molecule has 0 saturated carbocycles. The maximum absolute atomic E-state index is 14.9. The molecule has 1 atom stereocenters. The van der Waals surface area contributed by atoms with Crippen LogP contribution < -0.4 is 20.6 Å². The molecule has 1 unspecified atom stereocenters. The Morgan fingerprint density at radius 1 is 0.955 bits per heavy atom. The molecule has 3 saturated heterocycles. The van der Waals surface area contributed by atoms with Crippen molar-refractivity contribution in [3.05, 3.63) is 93.9 Å². The van der Waals surface area contributed by atoms with Gasteiger partial charge in [0.25, 0.3) is 6.43 Å². The lowest BCUT2D eigenvalue weighted by molar-refractivity contribution is -0.135. The summed E-state index contributed by atoms with van der Waals surface area (Å²) >= 11 is 0. The van der Waals surface area contributed by atoms with E-state index < -0.39 is 18.4 Å². The second kappa shape index (κ2) is 18.0. The Labute approximate surface area is 386 Å². The first-order valence-electron chi connectivity index (χ1n) is 23.4. The summed E-state index contributed by atoms with van der Waals surface area (Å²) in [5, 5.41) is 7.65. The van der Waals surface area contributed by atoms with Gasteiger partial charge in [0.2, 0.25) is 17.7 Å². The topological polar surface area (TPSA) is 147 Å². The molecule has 4 aromatic heterocycles. The average molecular weight is 918 g/mol. The lowest BCUT2D eigenvalue weighted by atomic mass is 9.94. The van der Waals surface area contributed by atoms with E-state index in [9.17, 15) is 28.0 Å². The molecule has 18 heteroatoms. The summed E-state index contributed by atoms with van der Waals surface area (Å²) in [6, 6.07) is 12.2. The van der Waals surface area contributed by atoms with Gasteiger partial charge >= 0.3 is 5.69 Å². The van der Waals surface area contributed by atoms with Crippen LogP contribution in [0.4, 0.5) is 20.3 Å². The molecule has 4 aliphatic rings. The number of fused-ring (bicyclic) bond motifs is 3. The van der Waals surface area contributed by atoms with E-state index in [1.807, 2.05) is 35.0 Å². The Kier molecular flexibility index (Phi) is 11.9. The molecule has 3 amide bonds. The molecule has 6 aromatic rings. The van der Waals surface area contributed by atoms with E-state index in [2.05, 4.69) is 30.8 Å². The number of nitrogens with one attached hydrogen (secondary N) is 1. The predicted molar refractivity (Wildman–Crippen MR) is 249 cm³/mol. The average Bonchev–Trinajstić information content (AvgIpc) is 4.03. The van der Waals surface area contributed by atoms with Crippen molar-refractivity contribution in [3.63, 3.8) is 0 Å². The standard InChI is InChI=1S/C49H57F2N11O5/c1-30(63)59-22-16-39-38(28-59)47(55(2)34-8-9-35(37(24-34)46(50)51)36-25-43-52-17-23-60(43)29-42(36)67-4)54-62(39)33-14-20-57(21-15-33)26-31-12-18-58(19-13-31)27-32-6-5-7-40-45(32)56(3)49(66)61(40)41-10-11-44(64)53-48(41)65/h5-9,17,23-25,29,31,33,41,46H,10-16,18-22,26-28H2,1-4H3,(H,53,64,65). The van der Waals surface area contributed by atoms with Gasteiger partial charge in [-0.25, -0.2) is 18.6 Å². The van der Waals surface area contributed by atoms with Crippen molar-refractivity contribution in [2.45, 2.75) is 83.5 Å². The highest BCUT2D eigenvalue weighted by molar-refractivity contribution is 6.00. The minimum absolute atomic E-state index is 0.00934. The molecule has 352 valence electrons. The first-order chi connectivity index (χ1) is 32.4. The van der Waals surface area contributed by atoms with Crippen LogP contribution in [0.2, 0.25) is 0 Å². The minimum Gasteiger partial charge on any atom is -0.495 e. The number of halogens is 2. The van der Waals surface area contributed by atoms with Gasteiger partial charge in [-0.1, -0.05) is 18.2 Å². The SMILES string of the molecule is COc1cn2ccnc2cc1-c1ccc(N(C)c2nn(C3CCN(CC4CCN(Cc5cccc6c5n(C)c(=O)n6C5CCC(=O)NC5=O)CC4)CC3)c3c2CN(C(C)=O)CC3)cc1C(F)F. The smallest absolute Gasteiger partial charge is 0.329 e. The summed E-state index contributed by atoms with van der Waals surface area (Å²) in [6.07, 6.45) is 7.60. The Balaban J connectivity index is 0.806. The summed E-state index contributed by atoms with van der Waals surface area (Å²) in [6.45, 7) is 8.10. The third kappa shape index (κ3) is 8.27. The van der Waals surface area contributed by atoms with E-state index in [1.165, 1.54) is 13.2 Å². The van der Waals surface area contributed by atoms with Crippen LogP contribution in [0.3, 0.4) is 0 Å². The summed E-state index contributed by atoms with van der Waals surface area (Å²) in [7, 11) is 5.14. The summed E-state index contributed by atoms with van der Waals surface area (Å²) in [5.74, 6) is 0.948. The number of piperidine rings is 3. The van der Waals surface area contributed by atoms with Crippen molar-refractivity contribution in [1.82, 2.24) is 48.3 Å². The number of rotatable bonds is 11. The van der Waals surface area contributed by atoms with Crippen molar-refractivity contribution in [2.75, 3.05) is 58.3 Å². The largest absolute Gasteiger partial charge is 0.495 e. The molecule has 0 aliphatic carbocycles. The lowest BCUT2D eigenvalue weighted by Crippen LogP contribution is -2.44. The fraction of sp³-hybridized carbons (Fsp3) is 0.469.